The van der Waals surface area contributed by atoms with Crippen molar-refractivity contribution in [3.63, 3.8) is 0 Å². The fraction of sp³-hybridized carbons (Fsp3) is 0.0833. The van der Waals surface area contributed by atoms with Crippen molar-refractivity contribution in [1.29, 1.82) is 5.41 Å². The Morgan fingerprint density at radius 2 is 1.87 bits per heavy atom. The lowest BCUT2D eigenvalue weighted by Crippen LogP contribution is -2.13. The molecule has 0 aliphatic carbocycles. The Bertz CT molecular complexity index is 1230. The number of amides is 1. The van der Waals surface area contributed by atoms with Crippen LogP contribution in [0.15, 0.2) is 72.1 Å². The Kier molecular flexibility index (Phi) is 5.50. The van der Waals surface area contributed by atoms with Crippen LogP contribution >= 0.6 is 11.3 Å². The minimum Gasteiger partial charge on any atom is -0.489 e. The highest BCUT2D eigenvalue weighted by Gasteiger charge is 2.13. The van der Waals surface area contributed by atoms with Crippen molar-refractivity contribution < 1.29 is 9.53 Å². The lowest BCUT2D eigenvalue weighted by atomic mass is 10.1. The van der Waals surface area contributed by atoms with Gasteiger partial charge in [0, 0.05) is 11.1 Å². The van der Waals surface area contributed by atoms with E-state index in [2.05, 4.69) is 5.32 Å². The standard InChI is InChI=1S/C24H21N3O2S/c1-15-4-2-5-19(22(15)27-24(28)21-6-3-11-30-21)14-29-20-10-9-16-12-18(23(25)26)8-7-17(16)13-20/h2-13H,14H2,1H3,(H3,25,26)(H,27,28). The van der Waals surface area contributed by atoms with Crippen LogP contribution < -0.4 is 15.8 Å². The van der Waals surface area contributed by atoms with E-state index in [0.29, 0.717) is 17.0 Å². The number of para-hydroxylation sites is 1. The van der Waals surface area contributed by atoms with Gasteiger partial charge in [-0.2, -0.15) is 0 Å². The number of rotatable bonds is 6. The number of aryl methyl sites for hydroxylation is 1. The first-order chi connectivity index (χ1) is 14.5. The summed E-state index contributed by atoms with van der Waals surface area (Å²) >= 11 is 1.41. The molecule has 0 unspecified atom stereocenters. The number of carbonyl (C=O) groups is 1. The summed E-state index contributed by atoms with van der Waals surface area (Å²) in [6.07, 6.45) is 0. The number of nitrogens with one attached hydrogen (secondary N) is 2. The molecule has 6 heteroatoms. The smallest absolute Gasteiger partial charge is 0.265 e. The fourth-order valence-electron chi connectivity index (χ4n) is 3.25. The minimum absolute atomic E-state index is 0.0498. The zero-order valence-electron chi connectivity index (χ0n) is 16.4. The van der Waals surface area contributed by atoms with Crippen molar-refractivity contribution in [2.24, 2.45) is 5.73 Å². The molecule has 3 aromatic carbocycles. The van der Waals surface area contributed by atoms with E-state index in [9.17, 15) is 4.79 Å². The van der Waals surface area contributed by atoms with Gasteiger partial charge in [0.15, 0.2) is 0 Å². The number of nitrogens with two attached hydrogens (primary N) is 1. The van der Waals surface area contributed by atoms with Gasteiger partial charge in [0.2, 0.25) is 0 Å². The molecule has 0 fully saturated rings. The third-order valence-corrected chi connectivity index (χ3v) is 5.73. The molecule has 1 heterocycles. The highest BCUT2D eigenvalue weighted by molar-refractivity contribution is 7.12. The topological polar surface area (TPSA) is 88.2 Å². The van der Waals surface area contributed by atoms with Gasteiger partial charge in [0.25, 0.3) is 5.91 Å². The van der Waals surface area contributed by atoms with Crippen molar-refractivity contribution in [1.82, 2.24) is 0 Å². The molecule has 0 aliphatic heterocycles. The van der Waals surface area contributed by atoms with Gasteiger partial charge in [-0.15, -0.1) is 11.3 Å². The lowest BCUT2D eigenvalue weighted by Gasteiger charge is -2.15. The zero-order chi connectivity index (χ0) is 21.1. The van der Waals surface area contributed by atoms with Crippen LogP contribution in [0.3, 0.4) is 0 Å². The monoisotopic (exact) mass is 415 g/mol. The summed E-state index contributed by atoms with van der Waals surface area (Å²) in [6.45, 7) is 2.30. The summed E-state index contributed by atoms with van der Waals surface area (Å²) < 4.78 is 6.03. The SMILES string of the molecule is Cc1cccc(COc2ccc3cc(C(=N)N)ccc3c2)c1NC(=O)c1cccs1. The van der Waals surface area contributed by atoms with Crippen molar-refractivity contribution >= 4 is 39.5 Å². The summed E-state index contributed by atoms with van der Waals surface area (Å²) in [6, 6.07) is 21.0. The molecule has 30 heavy (non-hydrogen) atoms. The zero-order valence-corrected chi connectivity index (χ0v) is 17.3. The third kappa shape index (κ3) is 4.18. The van der Waals surface area contributed by atoms with Crippen molar-refractivity contribution in [3.8, 4) is 5.75 Å². The van der Waals surface area contributed by atoms with E-state index in [4.69, 9.17) is 15.9 Å². The molecule has 0 radical (unpaired) electrons. The maximum absolute atomic E-state index is 12.5. The number of thiophene rings is 1. The van der Waals surface area contributed by atoms with Crippen molar-refractivity contribution in [2.75, 3.05) is 5.32 Å². The van der Waals surface area contributed by atoms with Crippen LogP contribution in [0.4, 0.5) is 5.69 Å². The van der Waals surface area contributed by atoms with Crippen molar-refractivity contribution in [2.45, 2.75) is 13.5 Å². The number of carbonyl (C=O) groups excluding carboxylic acids is 1. The second kappa shape index (κ2) is 8.39. The molecule has 4 aromatic rings. The Morgan fingerprint density at radius 3 is 2.63 bits per heavy atom. The molecule has 1 aromatic heterocycles. The molecule has 5 nitrogen and oxygen atoms in total. The van der Waals surface area contributed by atoms with Crippen LogP contribution in [0.25, 0.3) is 10.8 Å². The number of amidine groups is 1. The number of nitrogen functional groups attached to an aromatic ring is 1. The molecule has 0 saturated carbocycles. The predicted molar refractivity (Wildman–Crippen MR) is 123 cm³/mol. The molecule has 4 N–H and O–H groups in total. The van der Waals surface area contributed by atoms with Gasteiger partial charge in [0.1, 0.15) is 18.2 Å². The van der Waals surface area contributed by atoms with Gasteiger partial charge in [-0.3, -0.25) is 10.2 Å². The maximum Gasteiger partial charge on any atom is 0.265 e. The lowest BCUT2D eigenvalue weighted by molar-refractivity contribution is 0.103. The average Bonchev–Trinajstić information content (AvgIpc) is 3.28. The Morgan fingerprint density at radius 1 is 1.07 bits per heavy atom. The van der Waals surface area contributed by atoms with E-state index in [1.807, 2.05) is 73.0 Å². The van der Waals surface area contributed by atoms with E-state index >= 15 is 0 Å². The van der Waals surface area contributed by atoms with Crippen LogP contribution in [0.5, 0.6) is 5.75 Å². The number of fused-ring (bicyclic) bond motifs is 1. The second-order valence-corrected chi connectivity index (χ2v) is 7.91. The number of ether oxygens (including phenoxy) is 1. The van der Waals surface area contributed by atoms with Gasteiger partial charge < -0.3 is 15.8 Å². The first-order valence-electron chi connectivity index (χ1n) is 9.45. The summed E-state index contributed by atoms with van der Waals surface area (Å²) in [5, 5.41) is 14.5. The van der Waals surface area contributed by atoms with Crippen LogP contribution in [-0.2, 0) is 6.61 Å². The number of hydrogen-bond acceptors (Lipinski definition) is 4. The van der Waals surface area contributed by atoms with E-state index in [-0.39, 0.29) is 11.7 Å². The molecular formula is C24H21N3O2S. The Balaban J connectivity index is 1.53. The molecule has 0 atom stereocenters. The largest absolute Gasteiger partial charge is 0.489 e. The van der Waals surface area contributed by atoms with Gasteiger partial charge in [-0.1, -0.05) is 42.5 Å². The number of anilines is 1. The van der Waals surface area contributed by atoms with Crippen LogP contribution in [-0.4, -0.2) is 11.7 Å². The first-order valence-corrected chi connectivity index (χ1v) is 10.3. The van der Waals surface area contributed by atoms with Crippen LogP contribution in [0.2, 0.25) is 0 Å². The highest BCUT2D eigenvalue weighted by atomic mass is 32.1. The van der Waals surface area contributed by atoms with Gasteiger partial charge in [0.05, 0.1) is 10.6 Å². The second-order valence-electron chi connectivity index (χ2n) is 6.97. The predicted octanol–water partition coefficient (Wildman–Crippen LogP) is 5.33. The van der Waals surface area contributed by atoms with E-state index < -0.39 is 0 Å². The molecule has 0 saturated heterocycles. The highest BCUT2D eigenvalue weighted by Crippen LogP contribution is 2.26. The minimum atomic E-state index is -0.118. The van der Waals surface area contributed by atoms with E-state index in [1.165, 1.54) is 11.3 Å². The summed E-state index contributed by atoms with van der Waals surface area (Å²) in [5.41, 5.74) is 8.94. The quantitative estimate of drug-likeness (QED) is 0.294. The molecule has 150 valence electrons. The Labute approximate surface area is 178 Å². The Hall–Kier alpha value is -3.64. The molecule has 0 bridgehead atoms. The molecule has 4 rings (SSSR count). The molecule has 0 aliphatic rings. The fourth-order valence-corrected chi connectivity index (χ4v) is 3.87. The summed E-state index contributed by atoms with van der Waals surface area (Å²) in [7, 11) is 0. The van der Waals surface area contributed by atoms with Gasteiger partial charge in [-0.25, -0.2) is 0 Å². The van der Waals surface area contributed by atoms with E-state index in [1.54, 1.807) is 6.07 Å². The van der Waals surface area contributed by atoms with Gasteiger partial charge in [-0.05, 0) is 52.9 Å². The first kappa shape index (κ1) is 19.7. The molecular weight excluding hydrogens is 394 g/mol. The molecule has 1 amide bonds. The van der Waals surface area contributed by atoms with Crippen LogP contribution in [0, 0.1) is 12.3 Å². The number of benzene rings is 3. The normalized spacial score (nSPS) is 10.7. The summed E-state index contributed by atoms with van der Waals surface area (Å²) in [5.74, 6) is 0.663. The summed E-state index contributed by atoms with van der Waals surface area (Å²) in [4.78, 5) is 13.2. The van der Waals surface area contributed by atoms with Crippen LogP contribution in [0.1, 0.15) is 26.4 Å². The maximum atomic E-state index is 12.5. The molecule has 0 spiro atoms. The van der Waals surface area contributed by atoms with Crippen molar-refractivity contribution in [3.05, 3.63) is 93.7 Å². The van der Waals surface area contributed by atoms with E-state index in [0.717, 1.165) is 33.3 Å². The number of hydrogen-bond donors (Lipinski definition) is 3. The van der Waals surface area contributed by atoms with Gasteiger partial charge >= 0.3 is 0 Å². The average molecular weight is 416 g/mol. The third-order valence-electron chi connectivity index (χ3n) is 4.86.